The van der Waals surface area contributed by atoms with Crippen molar-refractivity contribution in [2.24, 2.45) is 5.73 Å². The van der Waals surface area contributed by atoms with Crippen LogP contribution in [0.1, 0.15) is 12.8 Å². The minimum atomic E-state index is -4.50. The van der Waals surface area contributed by atoms with Crippen molar-refractivity contribution in [3.63, 3.8) is 0 Å². The Morgan fingerprint density at radius 1 is 1.44 bits per heavy atom. The Morgan fingerprint density at radius 2 is 2.12 bits per heavy atom. The molecule has 3 N–H and O–H groups in total. The van der Waals surface area contributed by atoms with Gasteiger partial charge in [-0.05, 0) is 6.42 Å². The molecule has 2 heterocycles. The van der Waals surface area contributed by atoms with Gasteiger partial charge in [-0.25, -0.2) is 0 Å². The number of hydrogen-bond donors (Lipinski definition) is 2. The molecule has 1 unspecified atom stereocenters. The summed E-state index contributed by atoms with van der Waals surface area (Å²) in [5.41, 5.74) is 5.08. The molecule has 4 nitrogen and oxygen atoms in total. The summed E-state index contributed by atoms with van der Waals surface area (Å²) in [6.45, 7) is 1.04. The molecule has 2 aliphatic rings. The van der Waals surface area contributed by atoms with Crippen molar-refractivity contribution in [1.82, 2.24) is 10.2 Å². The highest BCUT2D eigenvalue weighted by molar-refractivity contribution is 5.84. The fourth-order valence-electron chi connectivity index (χ4n) is 1.98. The van der Waals surface area contributed by atoms with Crippen molar-refractivity contribution in [2.75, 3.05) is 13.1 Å². The lowest BCUT2D eigenvalue weighted by Gasteiger charge is -2.28. The van der Waals surface area contributed by atoms with E-state index in [1.807, 2.05) is 0 Å². The van der Waals surface area contributed by atoms with Crippen molar-refractivity contribution < 1.29 is 18.0 Å². The zero-order valence-electron chi connectivity index (χ0n) is 8.47. The first kappa shape index (κ1) is 11.3. The van der Waals surface area contributed by atoms with E-state index in [1.165, 1.54) is 4.90 Å². The molecule has 7 heteroatoms. The minimum absolute atomic E-state index is 0.0443. The van der Waals surface area contributed by atoms with E-state index in [9.17, 15) is 18.0 Å². The second-order valence-electron chi connectivity index (χ2n) is 3.90. The molecule has 0 spiro atoms. The third-order valence-electron chi connectivity index (χ3n) is 2.80. The molecule has 0 radical (unpaired) electrons. The van der Waals surface area contributed by atoms with Crippen LogP contribution in [0, 0.1) is 0 Å². The van der Waals surface area contributed by atoms with Crippen LogP contribution in [0.4, 0.5) is 13.2 Å². The van der Waals surface area contributed by atoms with Crippen LogP contribution in [-0.2, 0) is 4.79 Å². The van der Waals surface area contributed by atoms with E-state index in [0.29, 0.717) is 13.1 Å². The maximum absolute atomic E-state index is 12.5. The first-order valence-corrected chi connectivity index (χ1v) is 5.01. The number of hydrogen-bond acceptors (Lipinski definition) is 3. The molecule has 90 valence electrons. The Labute approximate surface area is 90.3 Å². The highest BCUT2D eigenvalue weighted by Crippen LogP contribution is 2.33. The minimum Gasteiger partial charge on any atom is -0.371 e. The average Bonchev–Trinajstić information content (AvgIpc) is 2.55. The van der Waals surface area contributed by atoms with Crippen molar-refractivity contribution >= 4 is 5.91 Å². The number of nitrogens with two attached hydrogens (primary N) is 1. The molecule has 0 bridgehead atoms. The van der Waals surface area contributed by atoms with Crippen molar-refractivity contribution in [2.45, 2.75) is 25.1 Å². The van der Waals surface area contributed by atoms with E-state index < -0.39 is 12.2 Å². The molecule has 1 atom stereocenters. The van der Waals surface area contributed by atoms with E-state index >= 15 is 0 Å². The zero-order chi connectivity index (χ0) is 11.9. The Bertz CT molecular complexity index is 350. The Hall–Kier alpha value is -1.24. The van der Waals surface area contributed by atoms with E-state index in [0.717, 1.165) is 6.42 Å². The van der Waals surface area contributed by atoms with E-state index in [2.05, 4.69) is 5.32 Å². The van der Waals surface area contributed by atoms with Gasteiger partial charge in [-0.3, -0.25) is 9.69 Å². The normalized spacial score (nSPS) is 23.2. The lowest BCUT2D eigenvalue weighted by atomic mass is 10.1. The lowest BCUT2D eigenvalue weighted by molar-refractivity contribution is -0.139. The average molecular weight is 235 g/mol. The summed E-state index contributed by atoms with van der Waals surface area (Å²) >= 11 is 0. The number of amides is 1. The first-order valence-electron chi connectivity index (χ1n) is 5.01. The van der Waals surface area contributed by atoms with Gasteiger partial charge in [0.2, 0.25) is 5.91 Å². The van der Waals surface area contributed by atoms with Gasteiger partial charge in [0.05, 0.1) is 6.42 Å². The summed E-state index contributed by atoms with van der Waals surface area (Å²) in [5.74, 6) is -0.0435. The van der Waals surface area contributed by atoms with Gasteiger partial charge < -0.3 is 11.1 Å². The molecule has 0 aromatic carbocycles. The van der Waals surface area contributed by atoms with Gasteiger partial charge in [0.25, 0.3) is 0 Å². The topological polar surface area (TPSA) is 58.4 Å². The summed E-state index contributed by atoms with van der Waals surface area (Å²) < 4.78 is 37.4. The number of halogens is 3. The molecule has 1 saturated heterocycles. The maximum Gasteiger partial charge on any atom is 0.407 e. The zero-order valence-corrected chi connectivity index (χ0v) is 8.47. The summed E-state index contributed by atoms with van der Waals surface area (Å²) in [6.07, 6.45) is -4.00. The van der Waals surface area contributed by atoms with Crippen LogP contribution in [0.5, 0.6) is 0 Å². The van der Waals surface area contributed by atoms with Gasteiger partial charge in [-0.2, -0.15) is 13.2 Å². The lowest BCUT2D eigenvalue weighted by Crippen LogP contribution is -2.42. The van der Waals surface area contributed by atoms with Gasteiger partial charge in [0.1, 0.15) is 11.9 Å². The molecule has 0 aliphatic carbocycles. The van der Waals surface area contributed by atoms with E-state index in [-0.39, 0.29) is 23.7 Å². The predicted molar refractivity (Wildman–Crippen MR) is 50.0 cm³/mol. The largest absolute Gasteiger partial charge is 0.407 e. The van der Waals surface area contributed by atoms with Crippen LogP contribution >= 0.6 is 0 Å². The number of rotatable bonds is 1. The Morgan fingerprint density at radius 3 is 2.75 bits per heavy atom. The number of fused-ring (bicyclic) bond motifs is 1. The Kier molecular flexibility index (Phi) is 2.57. The molecule has 2 rings (SSSR count). The number of carbonyl (C=O) groups excluding carboxylic acids is 1. The second kappa shape index (κ2) is 3.65. The summed E-state index contributed by atoms with van der Waals surface area (Å²) in [7, 11) is 0. The fraction of sp³-hybridized carbons (Fsp3) is 0.667. The van der Waals surface area contributed by atoms with Gasteiger partial charge in [-0.1, -0.05) is 0 Å². The van der Waals surface area contributed by atoms with Gasteiger partial charge in [0, 0.05) is 18.7 Å². The van der Waals surface area contributed by atoms with Gasteiger partial charge >= 0.3 is 6.18 Å². The van der Waals surface area contributed by atoms with E-state index in [4.69, 9.17) is 5.73 Å². The third kappa shape index (κ3) is 1.75. The van der Waals surface area contributed by atoms with E-state index in [1.54, 1.807) is 0 Å². The van der Waals surface area contributed by atoms with Crippen molar-refractivity contribution in [3.8, 4) is 0 Å². The molecular formula is C9H12F3N3O. The molecular weight excluding hydrogens is 223 g/mol. The van der Waals surface area contributed by atoms with Crippen LogP contribution in [-0.4, -0.2) is 36.1 Å². The smallest absolute Gasteiger partial charge is 0.371 e. The predicted octanol–water partition coefficient (Wildman–Crippen LogP) is 0.313. The molecule has 16 heavy (non-hydrogen) atoms. The van der Waals surface area contributed by atoms with Gasteiger partial charge in [-0.15, -0.1) is 0 Å². The third-order valence-corrected chi connectivity index (χ3v) is 2.80. The molecule has 1 fully saturated rings. The highest BCUT2D eigenvalue weighted by Gasteiger charge is 2.45. The molecule has 0 aromatic rings. The number of alkyl halides is 3. The van der Waals surface area contributed by atoms with Crippen molar-refractivity contribution in [1.29, 1.82) is 0 Å². The highest BCUT2D eigenvalue weighted by atomic mass is 19.4. The first-order chi connectivity index (χ1) is 7.41. The standard InChI is InChI=1S/C9H12F3N3O/c10-9(11,12)7(13)5-4-6(16)15-3-1-2-14-8(5)15/h7,14H,1-4,13H2. The van der Waals surface area contributed by atoms with Crippen LogP contribution in [0.25, 0.3) is 0 Å². The van der Waals surface area contributed by atoms with Crippen LogP contribution in [0.3, 0.4) is 0 Å². The summed E-state index contributed by atoms with van der Waals surface area (Å²) in [6, 6.07) is -2.05. The number of carbonyl (C=O) groups is 1. The van der Waals surface area contributed by atoms with Gasteiger partial charge in [0.15, 0.2) is 0 Å². The van der Waals surface area contributed by atoms with Crippen LogP contribution in [0.2, 0.25) is 0 Å². The molecule has 0 aromatic heterocycles. The summed E-state index contributed by atoms with van der Waals surface area (Å²) in [5, 5.41) is 2.82. The second-order valence-corrected chi connectivity index (χ2v) is 3.90. The number of nitrogens with zero attached hydrogens (tertiary/aromatic N) is 1. The SMILES string of the molecule is NC(C1=C2NCCCN2C(=O)C1)C(F)(F)F. The number of nitrogens with one attached hydrogen (secondary N) is 1. The summed E-state index contributed by atoms with van der Waals surface area (Å²) in [4.78, 5) is 12.8. The Balaban J connectivity index is 2.29. The quantitative estimate of drug-likeness (QED) is 0.688. The molecule has 1 amide bonds. The van der Waals surface area contributed by atoms with Crippen molar-refractivity contribution in [3.05, 3.63) is 11.4 Å². The van der Waals surface area contributed by atoms with Crippen LogP contribution in [0.15, 0.2) is 11.4 Å². The van der Waals surface area contributed by atoms with Crippen LogP contribution < -0.4 is 11.1 Å². The monoisotopic (exact) mass is 235 g/mol. The fourth-order valence-corrected chi connectivity index (χ4v) is 1.98. The molecule has 2 aliphatic heterocycles. The molecule has 0 saturated carbocycles. The maximum atomic E-state index is 12.5.